The van der Waals surface area contributed by atoms with E-state index in [0.717, 1.165) is 4.90 Å². The minimum Gasteiger partial charge on any atom is -0.438 e. The van der Waals surface area contributed by atoms with E-state index in [4.69, 9.17) is 4.74 Å². The Morgan fingerprint density at radius 3 is 2.78 bits per heavy atom. The minimum absolute atomic E-state index is 0.0660. The van der Waals surface area contributed by atoms with Gasteiger partial charge in [0.1, 0.15) is 5.75 Å². The van der Waals surface area contributed by atoms with Crippen molar-refractivity contribution >= 4 is 35.0 Å². The number of hydrogen-bond acceptors (Lipinski definition) is 6. The zero-order valence-corrected chi connectivity index (χ0v) is 14.8. The summed E-state index contributed by atoms with van der Waals surface area (Å²) in [4.78, 5) is 32.9. The molecule has 2 aromatic carbocycles. The number of carbonyl (C=O) groups is 2. The van der Waals surface area contributed by atoms with Crippen molar-refractivity contribution in [1.82, 2.24) is 9.97 Å². The molecule has 4 rings (SSSR count). The number of hydrogen-bond donors (Lipinski definition) is 2. The van der Waals surface area contributed by atoms with E-state index in [1.54, 1.807) is 48.8 Å². The molecular weight excluding hydrogens is 364 g/mol. The summed E-state index contributed by atoms with van der Waals surface area (Å²) in [6.07, 6.45) is 4.63. The van der Waals surface area contributed by atoms with E-state index >= 15 is 0 Å². The van der Waals surface area contributed by atoms with Crippen LogP contribution in [0.1, 0.15) is 10.4 Å². The molecule has 0 unspecified atom stereocenters. The lowest BCUT2D eigenvalue weighted by molar-refractivity contribution is -0.113. The number of ether oxygens (including phenoxy) is 1. The predicted molar refractivity (Wildman–Crippen MR) is 102 cm³/mol. The van der Waals surface area contributed by atoms with Crippen molar-refractivity contribution in [3.8, 4) is 11.6 Å². The number of nitrogens with zero attached hydrogens (tertiary/aromatic N) is 2. The average molecular weight is 378 g/mol. The Balaban J connectivity index is 1.44. The summed E-state index contributed by atoms with van der Waals surface area (Å²) in [5.74, 6) is 1.04. The second kappa shape index (κ2) is 7.46. The van der Waals surface area contributed by atoms with Crippen molar-refractivity contribution in [3.63, 3.8) is 0 Å². The number of thioether (sulfide) groups is 1. The maximum absolute atomic E-state index is 12.5. The van der Waals surface area contributed by atoms with Gasteiger partial charge in [-0.15, -0.1) is 11.8 Å². The fourth-order valence-corrected chi connectivity index (χ4v) is 3.28. The molecule has 2 heterocycles. The first-order valence-electron chi connectivity index (χ1n) is 8.09. The molecular formula is C19H14N4O3S. The molecule has 0 fully saturated rings. The van der Waals surface area contributed by atoms with Crippen LogP contribution in [0.3, 0.4) is 0 Å². The molecule has 0 spiro atoms. The van der Waals surface area contributed by atoms with Crippen LogP contribution in [0.2, 0.25) is 0 Å². The highest BCUT2D eigenvalue weighted by Gasteiger charge is 2.17. The van der Waals surface area contributed by atoms with Crippen LogP contribution in [0.5, 0.6) is 11.6 Å². The van der Waals surface area contributed by atoms with Crippen LogP contribution in [0.15, 0.2) is 66.0 Å². The quantitative estimate of drug-likeness (QED) is 0.721. The second-order valence-electron chi connectivity index (χ2n) is 5.67. The summed E-state index contributed by atoms with van der Waals surface area (Å²) in [7, 11) is 0. The molecule has 1 aromatic heterocycles. The van der Waals surface area contributed by atoms with E-state index < -0.39 is 0 Å². The van der Waals surface area contributed by atoms with Gasteiger partial charge in [0.05, 0.1) is 17.6 Å². The van der Waals surface area contributed by atoms with Crippen molar-refractivity contribution in [3.05, 3.63) is 66.6 Å². The van der Waals surface area contributed by atoms with Crippen LogP contribution in [0, 0.1) is 0 Å². The maximum Gasteiger partial charge on any atom is 0.255 e. The minimum atomic E-state index is -0.259. The molecule has 1 aliphatic rings. The van der Waals surface area contributed by atoms with Gasteiger partial charge in [-0.25, -0.2) is 4.98 Å². The van der Waals surface area contributed by atoms with Crippen LogP contribution >= 0.6 is 11.8 Å². The smallest absolute Gasteiger partial charge is 0.255 e. The summed E-state index contributed by atoms with van der Waals surface area (Å²) >= 11 is 1.46. The highest BCUT2D eigenvalue weighted by Crippen LogP contribution is 2.32. The molecule has 0 saturated carbocycles. The number of benzene rings is 2. The van der Waals surface area contributed by atoms with E-state index in [1.807, 2.05) is 6.07 Å². The zero-order chi connectivity index (χ0) is 18.6. The number of nitrogens with one attached hydrogen (secondary N) is 2. The number of rotatable bonds is 4. The molecule has 0 radical (unpaired) electrons. The van der Waals surface area contributed by atoms with Gasteiger partial charge in [-0.1, -0.05) is 0 Å². The fraction of sp³-hybridized carbons (Fsp3) is 0.0526. The fourth-order valence-electron chi connectivity index (χ4n) is 2.49. The topological polar surface area (TPSA) is 93.2 Å². The van der Waals surface area contributed by atoms with Gasteiger partial charge in [-0.05, 0) is 42.5 Å². The molecule has 0 bridgehead atoms. The Kier molecular flexibility index (Phi) is 4.71. The third-order valence-electron chi connectivity index (χ3n) is 3.75. The number of carbonyl (C=O) groups excluding carboxylic acids is 2. The first kappa shape index (κ1) is 17.0. The maximum atomic E-state index is 12.5. The van der Waals surface area contributed by atoms with E-state index in [1.165, 1.54) is 18.0 Å². The van der Waals surface area contributed by atoms with E-state index in [0.29, 0.717) is 34.3 Å². The van der Waals surface area contributed by atoms with Crippen molar-refractivity contribution < 1.29 is 14.3 Å². The monoisotopic (exact) mass is 378 g/mol. The Hall–Kier alpha value is -3.39. The van der Waals surface area contributed by atoms with Crippen LogP contribution in [-0.2, 0) is 4.79 Å². The Morgan fingerprint density at radius 2 is 2.00 bits per heavy atom. The summed E-state index contributed by atoms with van der Waals surface area (Å²) in [6, 6.07) is 12.2. The molecule has 0 atom stereocenters. The summed E-state index contributed by atoms with van der Waals surface area (Å²) in [5, 5.41) is 5.61. The molecule has 2 amide bonds. The first-order chi connectivity index (χ1) is 13.2. The molecule has 8 heteroatoms. The summed E-state index contributed by atoms with van der Waals surface area (Å²) in [6.45, 7) is 0. The van der Waals surface area contributed by atoms with Crippen molar-refractivity contribution in [2.45, 2.75) is 4.90 Å². The van der Waals surface area contributed by atoms with Gasteiger partial charge in [0.15, 0.2) is 0 Å². The SMILES string of the molecule is O=C1CSc2ccc(C(=O)Nc3ccc(Oc4cnccn4)cc3)cc2N1. The molecule has 27 heavy (non-hydrogen) atoms. The van der Waals surface area contributed by atoms with Crippen LogP contribution in [0.25, 0.3) is 0 Å². The van der Waals surface area contributed by atoms with Crippen molar-refractivity contribution in [1.29, 1.82) is 0 Å². The largest absolute Gasteiger partial charge is 0.438 e. The molecule has 0 saturated heterocycles. The third kappa shape index (κ3) is 4.06. The molecule has 134 valence electrons. The van der Waals surface area contributed by atoms with Gasteiger partial charge < -0.3 is 15.4 Å². The van der Waals surface area contributed by atoms with Crippen molar-refractivity contribution in [2.24, 2.45) is 0 Å². The van der Waals surface area contributed by atoms with Gasteiger partial charge in [-0.2, -0.15) is 0 Å². The lowest BCUT2D eigenvalue weighted by Gasteiger charge is -2.17. The summed E-state index contributed by atoms with van der Waals surface area (Å²) in [5.41, 5.74) is 1.76. The van der Waals surface area contributed by atoms with Crippen molar-refractivity contribution in [2.75, 3.05) is 16.4 Å². The second-order valence-corrected chi connectivity index (χ2v) is 6.69. The number of aromatic nitrogens is 2. The molecule has 2 N–H and O–H groups in total. The van der Waals surface area contributed by atoms with E-state index in [2.05, 4.69) is 20.6 Å². The van der Waals surface area contributed by atoms with E-state index in [9.17, 15) is 9.59 Å². The number of amides is 2. The molecule has 0 aliphatic carbocycles. The van der Waals surface area contributed by atoms with Gasteiger partial charge in [0.25, 0.3) is 5.91 Å². The lowest BCUT2D eigenvalue weighted by atomic mass is 10.1. The van der Waals surface area contributed by atoms with Gasteiger partial charge in [-0.3, -0.25) is 14.6 Å². The van der Waals surface area contributed by atoms with Gasteiger partial charge in [0.2, 0.25) is 11.8 Å². The highest BCUT2D eigenvalue weighted by molar-refractivity contribution is 8.00. The number of anilines is 2. The summed E-state index contributed by atoms with van der Waals surface area (Å²) < 4.78 is 5.57. The third-order valence-corrected chi connectivity index (χ3v) is 4.82. The normalized spacial score (nSPS) is 12.7. The molecule has 3 aromatic rings. The molecule has 7 nitrogen and oxygen atoms in total. The highest BCUT2D eigenvalue weighted by atomic mass is 32.2. The van der Waals surface area contributed by atoms with Crippen LogP contribution < -0.4 is 15.4 Å². The Labute approximate surface area is 159 Å². The Bertz CT molecular complexity index is 994. The van der Waals surface area contributed by atoms with E-state index in [-0.39, 0.29) is 11.8 Å². The Morgan fingerprint density at radius 1 is 1.15 bits per heavy atom. The first-order valence-corrected chi connectivity index (χ1v) is 9.08. The zero-order valence-electron chi connectivity index (χ0n) is 14.0. The van der Waals surface area contributed by atoms with Crippen LogP contribution in [0.4, 0.5) is 11.4 Å². The standard InChI is InChI=1S/C19H14N4O3S/c24-17-11-27-16-6-1-12(9-15(16)23-17)19(25)22-13-2-4-14(5-3-13)26-18-10-20-7-8-21-18/h1-10H,11H2,(H,22,25)(H,23,24). The van der Waals surface area contributed by atoms with Crippen LogP contribution in [-0.4, -0.2) is 27.5 Å². The average Bonchev–Trinajstić information content (AvgIpc) is 2.69. The molecule has 1 aliphatic heterocycles. The predicted octanol–water partition coefficient (Wildman–Crippen LogP) is 3.57. The lowest BCUT2D eigenvalue weighted by Crippen LogP contribution is -2.19. The van der Waals surface area contributed by atoms with Gasteiger partial charge in [0, 0.05) is 28.5 Å². The van der Waals surface area contributed by atoms with Gasteiger partial charge >= 0.3 is 0 Å². The number of fused-ring (bicyclic) bond motifs is 1.